The van der Waals surface area contributed by atoms with Gasteiger partial charge in [0.25, 0.3) is 0 Å². The summed E-state index contributed by atoms with van der Waals surface area (Å²) in [6.07, 6.45) is 0. The van der Waals surface area contributed by atoms with Gasteiger partial charge in [-0.3, -0.25) is 0 Å². The first kappa shape index (κ1) is 15.3. The highest BCUT2D eigenvalue weighted by molar-refractivity contribution is 9.10. The maximum Gasteiger partial charge on any atom is 0.141 e. The van der Waals surface area contributed by atoms with Crippen molar-refractivity contribution in [2.45, 2.75) is 13.0 Å². The number of halogens is 3. The van der Waals surface area contributed by atoms with Gasteiger partial charge >= 0.3 is 0 Å². The van der Waals surface area contributed by atoms with Gasteiger partial charge in [0.2, 0.25) is 0 Å². The van der Waals surface area contributed by atoms with Crippen LogP contribution in [-0.4, -0.2) is 7.11 Å². The molecule has 2 nitrogen and oxygen atoms in total. The molecular formula is C15H14BrClFNO. The molecule has 0 heterocycles. The van der Waals surface area contributed by atoms with Crippen molar-refractivity contribution < 1.29 is 9.13 Å². The smallest absolute Gasteiger partial charge is 0.141 e. The molecule has 0 aliphatic rings. The largest absolute Gasteiger partial charge is 0.496 e. The summed E-state index contributed by atoms with van der Waals surface area (Å²) in [6, 6.07) is 8.10. The van der Waals surface area contributed by atoms with E-state index in [1.807, 2.05) is 25.1 Å². The van der Waals surface area contributed by atoms with Gasteiger partial charge in [-0.05, 0) is 46.1 Å². The predicted octanol–water partition coefficient (Wildman–Crippen LogP) is 4.61. The SMILES string of the molecule is COc1cc(F)c(Br)cc1C(N)c1ccc(C)cc1Cl. The van der Waals surface area contributed by atoms with Gasteiger partial charge in [-0.2, -0.15) is 0 Å². The van der Waals surface area contributed by atoms with E-state index >= 15 is 0 Å². The van der Waals surface area contributed by atoms with Crippen molar-refractivity contribution in [3.8, 4) is 5.75 Å². The minimum Gasteiger partial charge on any atom is -0.496 e. The Labute approximate surface area is 130 Å². The fourth-order valence-electron chi connectivity index (χ4n) is 2.02. The van der Waals surface area contributed by atoms with E-state index in [0.717, 1.165) is 11.1 Å². The summed E-state index contributed by atoms with van der Waals surface area (Å²) < 4.78 is 19.1. The Morgan fingerprint density at radius 3 is 2.55 bits per heavy atom. The Hall–Kier alpha value is -1.10. The van der Waals surface area contributed by atoms with E-state index < -0.39 is 11.9 Å². The Kier molecular flexibility index (Phi) is 4.68. The first-order valence-corrected chi connectivity index (χ1v) is 7.15. The molecule has 2 rings (SSSR count). The number of hydrogen-bond acceptors (Lipinski definition) is 2. The van der Waals surface area contributed by atoms with Crippen molar-refractivity contribution in [2.24, 2.45) is 5.73 Å². The summed E-state index contributed by atoms with van der Waals surface area (Å²) in [5.41, 5.74) is 8.75. The first-order valence-electron chi connectivity index (χ1n) is 5.98. The van der Waals surface area contributed by atoms with E-state index in [-0.39, 0.29) is 0 Å². The summed E-state index contributed by atoms with van der Waals surface area (Å²) in [7, 11) is 1.48. The van der Waals surface area contributed by atoms with Gasteiger partial charge in [-0.1, -0.05) is 23.7 Å². The maximum absolute atomic E-state index is 13.6. The van der Waals surface area contributed by atoms with Crippen molar-refractivity contribution in [3.05, 3.63) is 62.3 Å². The lowest BCUT2D eigenvalue weighted by Gasteiger charge is -2.18. The lowest BCUT2D eigenvalue weighted by Crippen LogP contribution is -2.14. The highest BCUT2D eigenvalue weighted by Crippen LogP contribution is 2.35. The molecule has 2 aromatic rings. The van der Waals surface area contributed by atoms with Crippen LogP contribution < -0.4 is 10.5 Å². The molecule has 0 spiro atoms. The summed E-state index contributed by atoms with van der Waals surface area (Å²) >= 11 is 9.40. The van der Waals surface area contributed by atoms with E-state index in [2.05, 4.69) is 15.9 Å². The van der Waals surface area contributed by atoms with Gasteiger partial charge in [0, 0.05) is 16.7 Å². The third-order valence-electron chi connectivity index (χ3n) is 3.10. The lowest BCUT2D eigenvalue weighted by atomic mass is 9.97. The van der Waals surface area contributed by atoms with Crippen LogP contribution in [0.3, 0.4) is 0 Å². The molecule has 0 amide bonds. The van der Waals surface area contributed by atoms with Crippen LogP contribution in [0.2, 0.25) is 5.02 Å². The van der Waals surface area contributed by atoms with Gasteiger partial charge < -0.3 is 10.5 Å². The molecular weight excluding hydrogens is 345 g/mol. The quantitative estimate of drug-likeness (QED) is 0.870. The summed E-state index contributed by atoms with van der Waals surface area (Å²) in [4.78, 5) is 0. The molecule has 5 heteroatoms. The maximum atomic E-state index is 13.6. The zero-order chi connectivity index (χ0) is 14.9. The van der Waals surface area contributed by atoms with Gasteiger partial charge in [0.1, 0.15) is 11.6 Å². The normalized spacial score (nSPS) is 12.3. The minimum absolute atomic E-state index is 0.340. The second kappa shape index (κ2) is 6.12. The van der Waals surface area contributed by atoms with E-state index in [9.17, 15) is 4.39 Å². The van der Waals surface area contributed by atoms with Crippen molar-refractivity contribution in [1.82, 2.24) is 0 Å². The molecule has 1 atom stereocenters. The Balaban J connectivity index is 2.52. The number of hydrogen-bond donors (Lipinski definition) is 1. The topological polar surface area (TPSA) is 35.2 Å². The van der Waals surface area contributed by atoms with E-state index in [1.165, 1.54) is 13.2 Å². The number of aryl methyl sites for hydroxylation is 1. The van der Waals surface area contributed by atoms with Crippen LogP contribution in [0.4, 0.5) is 4.39 Å². The molecule has 0 aliphatic carbocycles. The average Bonchev–Trinajstić information content (AvgIpc) is 2.40. The first-order chi connectivity index (χ1) is 9.43. The van der Waals surface area contributed by atoms with E-state index in [0.29, 0.717) is 20.8 Å². The third kappa shape index (κ3) is 2.97. The van der Waals surface area contributed by atoms with Crippen LogP contribution in [0, 0.1) is 12.7 Å². The Morgan fingerprint density at radius 2 is 1.95 bits per heavy atom. The summed E-state index contributed by atoms with van der Waals surface area (Å²) in [5, 5.41) is 0.583. The predicted molar refractivity (Wildman–Crippen MR) is 82.9 cm³/mol. The number of nitrogens with two attached hydrogens (primary N) is 1. The van der Waals surface area contributed by atoms with Crippen LogP contribution in [0.5, 0.6) is 5.75 Å². The van der Waals surface area contributed by atoms with E-state index in [1.54, 1.807) is 6.07 Å². The minimum atomic E-state index is -0.491. The molecule has 0 saturated carbocycles. The Morgan fingerprint density at radius 1 is 1.25 bits per heavy atom. The second-order valence-corrected chi connectivity index (χ2v) is 5.77. The molecule has 0 bridgehead atoms. The molecule has 20 heavy (non-hydrogen) atoms. The molecule has 2 aromatic carbocycles. The molecule has 0 aromatic heterocycles. The lowest BCUT2D eigenvalue weighted by molar-refractivity contribution is 0.404. The van der Waals surface area contributed by atoms with Crippen LogP contribution >= 0.6 is 27.5 Å². The van der Waals surface area contributed by atoms with Crippen LogP contribution in [0.25, 0.3) is 0 Å². The van der Waals surface area contributed by atoms with Crippen LogP contribution in [-0.2, 0) is 0 Å². The zero-order valence-corrected chi connectivity index (χ0v) is 13.4. The molecule has 2 N–H and O–H groups in total. The van der Waals surface area contributed by atoms with E-state index in [4.69, 9.17) is 22.1 Å². The molecule has 0 radical (unpaired) electrons. The van der Waals surface area contributed by atoms with Gasteiger partial charge in [0.05, 0.1) is 17.6 Å². The second-order valence-electron chi connectivity index (χ2n) is 4.51. The van der Waals surface area contributed by atoms with Crippen molar-refractivity contribution in [2.75, 3.05) is 7.11 Å². The Bertz CT molecular complexity index is 648. The third-order valence-corrected chi connectivity index (χ3v) is 4.03. The molecule has 0 saturated heterocycles. The van der Waals surface area contributed by atoms with Crippen molar-refractivity contribution >= 4 is 27.5 Å². The fourth-order valence-corrected chi connectivity index (χ4v) is 2.73. The van der Waals surface area contributed by atoms with Crippen molar-refractivity contribution in [1.29, 1.82) is 0 Å². The van der Waals surface area contributed by atoms with Crippen LogP contribution in [0.1, 0.15) is 22.7 Å². The number of methoxy groups -OCH3 is 1. The molecule has 1 unspecified atom stereocenters. The monoisotopic (exact) mass is 357 g/mol. The number of rotatable bonds is 3. The van der Waals surface area contributed by atoms with Gasteiger partial charge in [-0.25, -0.2) is 4.39 Å². The molecule has 106 valence electrons. The molecule has 0 fully saturated rings. The standard InChI is InChI=1S/C15H14BrClFNO/c1-8-3-4-9(12(17)5-8)15(19)10-6-11(16)13(18)7-14(10)20-2/h3-7,15H,19H2,1-2H3. The number of benzene rings is 2. The fraction of sp³-hybridized carbons (Fsp3) is 0.200. The van der Waals surface area contributed by atoms with Gasteiger partial charge in [-0.15, -0.1) is 0 Å². The zero-order valence-electron chi connectivity index (χ0n) is 11.1. The van der Waals surface area contributed by atoms with Crippen LogP contribution in [0.15, 0.2) is 34.8 Å². The molecule has 0 aliphatic heterocycles. The average molecular weight is 359 g/mol. The summed E-state index contributed by atoms with van der Waals surface area (Å²) in [5.74, 6) is 0.00245. The number of ether oxygens (including phenoxy) is 1. The van der Waals surface area contributed by atoms with Gasteiger partial charge in [0.15, 0.2) is 0 Å². The summed E-state index contributed by atoms with van der Waals surface area (Å²) in [6.45, 7) is 1.95. The highest BCUT2D eigenvalue weighted by Gasteiger charge is 2.19. The highest BCUT2D eigenvalue weighted by atomic mass is 79.9. The van der Waals surface area contributed by atoms with Crippen molar-refractivity contribution in [3.63, 3.8) is 0 Å².